The molecule has 5 aromatic rings. The van der Waals surface area contributed by atoms with E-state index in [1.54, 1.807) is 0 Å². The Morgan fingerprint density at radius 3 is 1.63 bits per heavy atom. The molecule has 1 atom stereocenters. The van der Waals surface area contributed by atoms with Crippen LogP contribution in [0.4, 0.5) is 30.2 Å². The summed E-state index contributed by atoms with van der Waals surface area (Å²) in [6.45, 7) is 0. The molecular formula is C35H26F3N3. The van der Waals surface area contributed by atoms with E-state index >= 15 is 0 Å². The van der Waals surface area contributed by atoms with Crippen LogP contribution in [0.15, 0.2) is 145 Å². The summed E-state index contributed by atoms with van der Waals surface area (Å²) in [6, 6.07) is 44.2. The van der Waals surface area contributed by atoms with Crippen molar-refractivity contribution in [3.63, 3.8) is 0 Å². The maximum Gasteiger partial charge on any atom is 0.416 e. The Labute approximate surface area is 237 Å². The maximum atomic E-state index is 13.1. The largest absolute Gasteiger partial charge is 0.416 e. The first-order chi connectivity index (χ1) is 19.9. The predicted octanol–water partition coefficient (Wildman–Crippen LogP) is 9.47. The highest BCUT2D eigenvalue weighted by atomic mass is 19.4. The third-order valence-electron chi connectivity index (χ3n) is 6.71. The van der Waals surface area contributed by atoms with Crippen LogP contribution >= 0.6 is 0 Å². The molecule has 0 fully saturated rings. The molecule has 6 heteroatoms. The monoisotopic (exact) mass is 545 g/mol. The summed E-state index contributed by atoms with van der Waals surface area (Å²) >= 11 is 0. The van der Waals surface area contributed by atoms with Crippen LogP contribution in [0, 0.1) is 11.3 Å². The van der Waals surface area contributed by atoms with E-state index in [2.05, 4.69) is 11.0 Å². The van der Waals surface area contributed by atoms with Crippen molar-refractivity contribution in [2.24, 2.45) is 4.99 Å². The number of halogens is 3. The topological polar surface area (TPSA) is 39.4 Å². The molecule has 0 unspecified atom stereocenters. The Hall–Kier alpha value is -5.15. The summed E-state index contributed by atoms with van der Waals surface area (Å²) in [4.78, 5) is 6.93. The number of alkyl halides is 3. The number of hydrogen-bond donors (Lipinski definition) is 0. The van der Waals surface area contributed by atoms with Crippen molar-refractivity contribution in [2.45, 2.75) is 18.6 Å². The highest BCUT2D eigenvalue weighted by Crippen LogP contribution is 2.35. The molecule has 202 valence electrons. The zero-order valence-corrected chi connectivity index (χ0v) is 22.0. The van der Waals surface area contributed by atoms with Gasteiger partial charge < -0.3 is 4.90 Å². The molecule has 0 bridgehead atoms. The first kappa shape index (κ1) is 27.4. The first-order valence-electron chi connectivity index (χ1n) is 13.1. The third kappa shape index (κ3) is 6.71. The van der Waals surface area contributed by atoms with Crippen LogP contribution in [0.1, 0.15) is 28.3 Å². The molecule has 0 saturated heterocycles. The van der Waals surface area contributed by atoms with Crippen LogP contribution in [0.2, 0.25) is 0 Å². The van der Waals surface area contributed by atoms with E-state index in [1.165, 1.54) is 12.1 Å². The molecule has 0 aliphatic heterocycles. The number of anilines is 3. The molecule has 0 radical (unpaired) electrons. The zero-order valence-electron chi connectivity index (χ0n) is 22.0. The Morgan fingerprint density at radius 2 is 1.15 bits per heavy atom. The number of nitrogens with zero attached hydrogens (tertiary/aromatic N) is 3. The highest BCUT2D eigenvalue weighted by Gasteiger charge is 2.30. The lowest BCUT2D eigenvalue weighted by molar-refractivity contribution is -0.137. The van der Waals surface area contributed by atoms with Crippen molar-refractivity contribution in [1.82, 2.24) is 0 Å². The molecule has 0 N–H and O–H groups in total. The van der Waals surface area contributed by atoms with Gasteiger partial charge in [-0.05, 0) is 66.1 Å². The van der Waals surface area contributed by atoms with Gasteiger partial charge >= 0.3 is 6.18 Å². The van der Waals surface area contributed by atoms with Crippen LogP contribution in [-0.2, 0) is 12.6 Å². The van der Waals surface area contributed by atoms with E-state index in [0.29, 0.717) is 12.0 Å². The van der Waals surface area contributed by atoms with Crippen molar-refractivity contribution in [2.75, 3.05) is 4.90 Å². The fraction of sp³-hybridized carbons (Fsp3) is 0.0857. The predicted molar refractivity (Wildman–Crippen MR) is 158 cm³/mol. The second-order valence-electron chi connectivity index (χ2n) is 9.47. The van der Waals surface area contributed by atoms with Crippen LogP contribution in [-0.4, -0.2) is 5.71 Å². The highest BCUT2D eigenvalue weighted by molar-refractivity contribution is 6.11. The molecule has 0 aliphatic carbocycles. The van der Waals surface area contributed by atoms with Crippen molar-refractivity contribution >= 4 is 22.8 Å². The van der Waals surface area contributed by atoms with Gasteiger partial charge in [-0.25, -0.2) is 0 Å². The quantitative estimate of drug-likeness (QED) is 0.182. The number of nitriles is 1. The van der Waals surface area contributed by atoms with Gasteiger partial charge in [-0.2, -0.15) is 18.4 Å². The van der Waals surface area contributed by atoms with E-state index in [9.17, 15) is 18.4 Å². The van der Waals surface area contributed by atoms with Gasteiger partial charge in [0.2, 0.25) is 0 Å². The number of hydrogen-bond acceptors (Lipinski definition) is 3. The minimum Gasteiger partial charge on any atom is -0.311 e. The van der Waals surface area contributed by atoms with E-state index in [4.69, 9.17) is 4.99 Å². The standard InChI is InChI=1S/C35H26F3N3/c36-35(37,38)29-20-16-28(17-21-29)34(25-39)40-33(24-26-10-4-1-5-11-26)27-18-22-32(23-19-27)41(30-12-6-2-7-13-30)31-14-8-3-9-15-31/h1-23,33H,24H2/t33-/m1/s1. The Kier molecular flexibility index (Phi) is 8.26. The van der Waals surface area contributed by atoms with E-state index in [-0.39, 0.29) is 5.71 Å². The summed E-state index contributed by atoms with van der Waals surface area (Å²) in [6.07, 6.45) is -3.93. The molecule has 0 saturated carbocycles. The smallest absolute Gasteiger partial charge is 0.311 e. The number of para-hydroxylation sites is 2. The summed E-state index contributed by atoms with van der Waals surface area (Å²) in [5.41, 5.74) is 4.56. The average molecular weight is 546 g/mol. The molecule has 0 aromatic heterocycles. The van der Waals surface area contributed by atoms with E-state index in [0.717, 1.165) is 40.3 Å². The SMILES string of the molecule is N#CC(=N[C@H](Cc1ccccc1)c1ccc(N(c2ccccc2)c2ccccc2)cc1)c1ccc(C(F)(F)F)cc1. The molecule has 0 heterocycles. The van der Waals surface area contributed by atoms with Crippen LogP contribution in [0.5, 0.6) is 0 Å². The lowest BCUT2D eigenvalue weighted by Crippen LogP contribution is -2.10. The van der Waals surface area contributed by atoms with Crippen LogP contribution in [0.25, 0.3) is 0 Å². The molecule has 5 rings (SSSR count). The number of aliphatic imine (C=N–C) groups is 1. The first-order valence-corrected chi connectivity index (χ1v) is 13.1. The summed E-state index contributed by atoms with van der Waals surface area (Å²) in [7, 11) is 0. The molecule has 0 spiro atoms. The summed E-state index contributed by atoms with van der Waals surface area (Å²) in [5, 5.41) is 9.93. The minimum atomic E-state index is -4.45. The molecule has 41 heavy (non-hydrogen) atoms. The minimum absolute atomic E-state index is 0.0823. The summed E-state index contributed by atoms with van der Waals surface area (Å²) < 4.78 is 39.3. The number of benzene rings is 5. The number of rotatable bonds is 8. The zero-order chi connectivity index (χ0) is 28.7. The van der Waals surface area contributed by atoms with Crippen molar-refractivity contribution < 1.29 is 13.2 Å². The lowest BCUT2D eigenvalue weighted by Gasteiger charge is -2.26. The van der Waals surface area contributed by atoms with Gasteiger partial charge in [0.25, 0.3) is 0 Å². The van der Waals surface area contributed by atoms with Gasteiger partial charge in [-0.1, -0.05) is 91.0 Å². The maximum absolute atomic E-state index is 13.1. The van der Waals surface area contributed by atoms with Crippen molar-refractivity contribution in [3.05, 3.63) is 162 Å². The Balaban J connectivity index is 1.52. The molecule has 5 aromatic carbocycles. The van der Waals surface area contributed by atoms with Crippen molar-refractivity contribution in [1.29, 1.82) is 5.26 Å². The Morgan fingerprint density at radius 1 is 0.659 bits per heavy atom. The lowest BCUT2D eigenvalue weighted by atomic mass is 9.98. The van der Waals surface area contributed by atoms with Gasteiger partial charge in [0.15, 0.2) is 0 Å². The van der Waals surface area contributed by atoms with E-state index < -0.39 is 17.8 Å². The summed E-state index contributed by atoms with van der Waals surface area (Å²) in [5.74, 6) is 0. The second-order valence-corrected chi connectivity index (χ2v) is 9.47. The van der Waals surface area contributed by atoms with Crippen LogP contribution in [0.3, 0.4) is 0 Å². The fourth-order valence-electron chi connectivity index (χ4n) is 4.66. The van der Waals surface area contributed by atoms with E-state index in [1.807, 2.05) is 115 Å². The Bertz CT molecular complexity index is 1580. The molecule has 0 amide bonds. The van der Waals surface area contributed by atoms with Gasteiger partial charge in [-0.15, -0.1) is 0 Å². The second kappa shape index (κ2) is 12.4. The van der Waals surface area contributed by atoms with Gasteiger partial charge in [0, 0.05) is 22.6 Å². The van der Waals surface area contributed by atoms with Gasteiger partial charge in [0.1, 0.15) is 11.8 Å². The average Bonchev–Trinajstić information content (AvgIpc) is 3.01. The fourth-order valence-corrected chi connectivity index (χ4v) is 4.66. The van der Waals surface area contributed by atoms with Crippen LogP contribution < -0.4 is 4.90 Å². The molecular weight excluding hydrogens is 519 g/mol. The van der Waals surface area contributed by atoms with Gasteiger partial charge in [0.05, 0.1) is 11.6 Å². The normalized spacial score (nSPS) is 12.4. The molecule has 3 nitrogen and oxygen atoms in total. The third-order valence-corrected chi connectivity index (χ3v) is 6.71. The van der Waals surface area contributed by atoms with Crippen molar-refractivity contribution in [3.8, 4) is 6.07 Å². The van der Waals surface area contributed by atoms with Gasteiger partial charge in [-0.3, -0.25) is 4.99 Å². The molecule has 0 aliphatic rings.